The van der Waals surface area contributed by atoms with Gasteiger partial charge in [0.05, 0.1) is 5.75 Å². The van der Waals surface area contributed by atoms with Crippen LogP contribution in [0.3, 0.4) is 0 Å². The van der Waals surface area contributed by atoms with Crippen LogP contribution in [0.1, 0.15) is 25.8 Å². The van der Waals surface area contributed by atoms with Gasteiger partial charge in [-0.2, -0.15) is 0 Å². The van der Waals surface area contributed by atoms with E-state index < -0.39 is 10.0 Å². The molecule has 0 aromatic heterocycles. The fourth-order valence-corrected chi connectivity index (χ4v) is 2.63. The second kappa shape index (κ2) is 6.02. The van der Waals surface area contributed by atoms with Crippen LogP contribution in [-0.2, 0) is 15.8 Å². The van der Waals surface area contributed by atoms with Crippen LogP contribution in [-0.4, -0.2) is 15.0 Å². The Balaban J connectivity index is 2.58. The molecule has 0 atom stereocenters. The Labute approximate surface area is 103 Å². The number of para-hydroxylation sites is 1. The van der Waals surface area contributed by atoms with Crippen molar-refractivity contribution in [3.05, 3.63) is 29.8 Å². The minimum Gasteiger partial charge on any atom is -0.398 e. The average molecular weight is 256 g/mol. The number of hydrogen-bond donors (Lipinski definition) is 2. The zero-order chi connectivity index (χ0) is 12.9. The van der Waals surface area contributed by atoms with E-state index in [9.17, 15) is 8.42 Å². The Kier molecular flexibility index (Phi) is 4.96. The predicted molar refractivity (Wildman–Crippen MR) is 70.9 cm³/mol. The van der Waals surface area contributed by atoms with Gasteiger partial charge in [-0.15, -0.1) is 0 Å². The molecule has 1 aromatic carbocycles. The number of nitrogens with one attached hydrogen (secondary N) is 1. The van der Waals surface area contributed by atoms with Gasteiger partial charge < -0.3 is 5.73 Å². The topological polar surface area (TPSA) is 72.2 Å². The van der Waals surface area contributed by atoms with Crippen molar-refractivity contribution < 1.29 is 8.42 Å². The van der Waals surface area contributed by atoms with Crippen molar-refractivity contribution in [3.8, 4) is 0 Å². The highest BCUT2D eigenvalue weighted by Crippen LogP contribution is 2.13. The Hall–Kier alpha value is -1.07. The summed E-state index contributed by atoms with van der Waals surface area (Å²) in [5, 5.41) is 0. The lowest BCUT2D eigenvalue weighted by Gasteiger charge is -2.09. The third kappa shape index (κ3) is 5.19. The monoisotopic (exact) mass is 256 g/mol. The maximum absolute atomic E-state index is 11.8. The van der Waals surface area contributed by atoms with Crippen LogP contribution in [0, 0.1) is 5.92 Å². The molecule has 0 amide bonds. The first-order valence-electron chi connectivity index (χ1n) is 5.71. The zero-order valence-corrected chi connectivity index (χ0v) is 11.1. The van der Waals surface area contributed by atoms with E-state index in [4.69, 9.17) is 5.73 Å². The lowest BCUT2D eigenvalue weighted by atomic mass is 10.1. The van der Waals surface area contributed by atoms with Crippen LogP contribution in [0.15, 0.2) is 24.3 Å². The Morgan fingerprint density at radius 3 is 2.53 bits per heavy atom. The van der Waals surface area contributed by atoms with Gasteiger partial charge in [0.1, 0.15) is 0 Å². The number of benzene rings is 1. The summed E-state index contributed by atoms with van der Waals surface area (Å²) in [7, 11) is -3.28. The van der Waals surface area contributed by atoms with Crippen molar-refractivity contribution in [2.75, 3.05) is 12.3 Å². The molecule has 0 saturated heterocycles. The first-order chi connectivity index (χ1) is 7.91. The van der Waals surface area contributed by atoms with E-state index in [1.807, 2.05) is 0 Å². The molecule has 4 nitrogen and oxygen atoms in total. The largest absolute Gasteiger partial charge is 0.398 e. The van der Waals surface area contributed by atoms with Crippen LogP contribution >= 0.6 is 0 Å². The lowest BCUT2D eigenvalue weighted by Crippen LogP contribution is -2.27. The first-order valence-corrected chi connectivity index (χ1v) is 7.36. The number of hydrogen-bond acceptors (Lipinski definition) is 3. The van der Waals surface area contributed by atoms with E-state index in [-0.39, 0.29) is 5.75 Å². The Morgan fingerprint density at radius 2 is 1.94 bits per heavy atom. The number of rotatable bonds is 6. The first kappa shape index (κ1) is 14.0. The highest BCUT2D eigenvalue weighted by Gasteiger charge is 2.12. The summed E-state index contributed by atoms with van der Waals surface area (Å²) in [5.41, 5.74) is 6.87. The molecule has 0 saturated carbocycles. The maximum Gasteiger partial charge on any atom is 0.215 e. The zero-order valence-electron chi connectivity index (χ0n) is 10.3. The van der Waals surface area contributed by atoms with E-state index in [0.29, 0.717) is 23.7 Å². The minimum absolute atomic E-state index is 0.0578. The summed E-state index contributed by atoms with van der Waals surface area (Å²) in [4.78, 5) is 0. The molecule has 0 bridgehead atoms. The lowest BCUT2D eigenvalue weighted by molar-refractivity contribution is 0.551. The van der Waals surface area contributed by atoms with Crippen molar-refractivity contribution >= 4 is 15.7 Å². The predicted octanol–water partition coefficient (Wildman–Crippen LogP) is 1.73. The normalized spacial score (nSPS) is 11.9. The average Bonchev–Trinajstić information content (AvgIpc) is 2.20. The minimum atomic E-state index is -3.28. The van der Waals surface area contributed by atoms with Gasteiger partial charge in [-0.05, 0) is 24.0 Å². The number of sulfonamides is 1. The van der Waals surface area contributed by atoms with E-state index in [2.05, 4.69) is 18.6 Å². The van der Waals surface area contributed by atoms with Crippen LogP contribution in [0.25, 0.3) is 0 Å². The van der Waals surface area contributed by atoms with Crippen molar-refractivity contribution in [1.82, 2.24) is 4.72 Å². The van der Waals surface area contributed by atoms with Gasteiger partial charge in [0.2, 0.25) is 10.0 Å². The van der Waals surface area contributed by atoms with Gasteiger partial charge >= 0.3 is 0 Å². The quantitative estimate of drug-likeness (QED) is 0.761. The summed E-state index contributed by atoms with van der Waals surface area (Å²) in [6.45, 7) is 4.60. The third-order valence-corrected chi connectivity index (χ3v) is 3.78. The van der Waals surface area contributed by atoms with Gasteiger partial charge in [-0.25, -0.2) is 13.1 Å². The van der Waals surface area contributed by atoms with E-state index in [1.54, 1.807) is 24.3 Å². The van der Waals surface area contributed by atoms with Crippen molar-refractivity contribution in [2.45, 2.75) is 26.0 Å². The van der Waals surface area contributed by atoms with Crippen molar-refractivity contribution in [2.24, 2.45) is 5.92 Å². The molecule has 0 aliphatic rings. The molecular weight excluding hydrogens is 236 g/mol. The van der Waals surface area contributed by atoms with E-state index in [0.717, 1.165) is 6.42 Å². The van der Waals surface area contributed by atoms with Gasteiger partial charge in [0, 0.05) is 12.2 Å². The SMILES string of the molecule is CC(C)CCNS(=O)(=O)Cc1ccccc1N. The van der Waals surface area contributed by atoms with Crippen LogP contribution < -0.4 is 10.5 Å². The third-order valence-electron chi connectivity index (χ3n) is 2.44. The molecule has 0 fully saturated rings. The molecule has 17 heavy (non-hydrogen) atoms. The smallest absolute Gasteiger partial charge is 0.215 e. The molecule has 1 rings (SSSR count). The summed E-state index contributed by atoms with van der Waals surface area (Å²) < 4.78 is 26.1. The molecule has 0 radical (unpaired) electrons. The summed E-state index contributed by atoms with van der Waals surface area (Å²) in [6, 6.07) is 7.02. The van der Waals surface area contributed by atoms with Crippen molar-refractivity contribution in [1.29, 1.82) is 0 Å². The molecule has 0 unspecified atom stereocenters. The standard InChI is InChI=1S/C12H20N2O2S/c1-10(2)7-8-14-17(15,16)9-11-5-3-4-6-12(11)13/h3-6,10,14H,7-9,13H2,1-2H3. The Morgan fingerprint density at radius 1 is 1.29 bits per heavy atom. The second-order valence-electron chi connectivity index (χ2n) is 4.53. The number of nitrogens with two attached hydrogens (primary N) is 1. The molecule has 5 heteroatoms. The summed E-state index contributed by atoms with van der Waals surface area (Å²) >= 11 is 0. The van der Waals surface area contributed by atoms with Crippen LogP contribution in [0.4, 0.5) is 5.69 Å². The highest BCUT2D eigenvalue weighted by molar-refractivity contribution is 7.88. The summed E-state index contributed by atoms with van der Waals surface area (Å²) in [5.74, 6) is 0.428. The number of nitrogen functional groups attached to an aromatic ring is 1. The fraction of sp³-hybridized carbons (Fsp3) is 0.500. The second-order valence-corrected chi connectivity index (χ2v) is 6.34. The van der Waals surface area contributed by atoms with Crippen LogP contribution in [0.2, 0.25) is 0 Å². The van der Waals surface area contributed by atoms with Gasteiger partial charge in [-0.3, -0.25) is 0 Å². The molecule has 0 spiro atoms. The number of anilines is 1. The van der Waals surface area contributed by atoms with Crippen LogP contribution in [0.5, 0.6) is 0 Å². The maximum atomic E-state index is 11.8. The van der Waals surface area contributed by atoms with E-state index >= 15 is 0 Å². The molecule has 1 aromatic rings. The fourth-order valence-electron chi connectivity index (χ4n) is 1.42. The van der Waals surface area contributed by atoms with Gasteiger partial charge in [0.25, 0.3) is 0 Å². The molecule has 0 heterocycles. The Bertz CT molecular complexity index is 455. The van der Waals surface area contributed by atoms with Crippen molar-refractivity contribution in [3.63, 3.8) is 0 Å². The molecule has 0 aliphatic heterocycles. The highest BCUT2D eigenvalue weighted by atomic mass is 32.2. The molecular formula is C12H20N2O2S. The summed E-state index contributed by atoms with van der Waals surface area (Å²) in [6.07, 6.45) is 0.837. The molecule has 0 aliphatic carbocycles. The molecule has 3 N–H and O–H groups in total. The molecule has 96 valence electrons. The van der Waals surface area contributed by atoms with Gasteiger partial charge in [0.15, 0.2) is 0 Å². The van der Waals surface area contributed by atoms with Gasteiger partial charge in [-0.1, -0.05) is 32.0 Å². The van der Waals surface area contributed by atoms with E-state index in [1.165, 1.54) is 0 Å².